The van der Waals surface area contributed by atoms with Crippen LogP contribution in [0.3, 0.4) is 0 Å². The molecule has 10 heteroatoms. The van der Waals surface area contributed by atoms with E-state index in [1.165, 1.54) is 11.1 Å². The number of nitrogens with zero attached hydrogens (tertiary/aromatic N) is 2. The molecule has 43 heavy (non-hydrogen) atoms. The highest BCUT2D eigenvalue weighted by Gasteiger charge is 2.42. The van der Waals surface area contributed by atoms with Gasteiger partial charge in [0.05, 0.1) is 22.2 Å². The third kappa shape index (κ3) is 5.91. The third-order valence-electron chi connectivity index (χ3n) is 9.07. The first-order chi connectivity index (χ1) is 20.4. The summed E-state index contributed by atoms with van der Waals surface area (Å²) in [6.45, 7) is 6.89. The monoisotopic (exact) mass is 613 g/mol. The molecule has 3 aromatic rings. The molecule has 0 bridgehead atoms. The molecule has 3 aromatic carbocycles. The molecule has 0 fully saturated rings. The number of nitrogens with two attached hydrogens (primary N) is 1. The minimum atomic E-state index is -4.71. The van der Waals surface area contributed by atoms with E-state index in [1.807, 2.05) is 6.07 Å². The zero-order valence-electron chi connectivity index (χ0n) is 24.5. The lowest BCUT2D eigenvalue weighted by Crippen LogP contribution is -2.46. The van der Waals surface area contributed by atoms with Crippen molar-refractivity contribution in [1.29, 1.82) is 0 Å². The van der Waals surface area contributed by atoms with Gasteiger partial charge in [0.15, 0.2) is 0 Å². The van der Waals surface area contributed by atoms with Crippen molar-refractivity contribution >= 4 is 21.6 Å². The summed E-state index contributed by atoms with van der Waals surface area (Å²) in [4.78, 5) is 13.9. The van der Waals surface area contributed by atoms with Crippen LogP contribution in [0, 0.1) is 0 Å². The highest BCUT2D eigenvalue weighted by molar-refractivity contribution is 7.92. The Kier molecular flexibility index (Phi) is 8.64. The van der Waals surface area contributed by atoms with Crippen LogP contribution in [0.4, 0.5) is 18.9 Å². The first-order valence-electron chi connectivity index (χ1n) is 14.8. The summed E-state index contributed by atoms with van der Waals surface area (Å²) >= 11 is 0. The Morgan fingerprint density at radius 2 is 1.74 bits per heavy atom. The van der Waals surface area contributed by atoms with Crippen LogP contribution in [0.2, 0.25) is 0 Å². The van der Waals surface area contributed by atoms with Crippen molar-refractivity contribution < 1.29 is 26.4 Å². The maximum absolute atomic E-state index is 14.1. The molecule has 2 N–H and O–H groups in total. The highest BCUT2D eigenvalue weighted by Crippen LogP contribution is 2.46. The summed E-state index contributed by atoms with van der Waals surface area (Å²) in [5.41, 5.74) is 9.01. The Morgan fingerprint density at radius 1 is 1.00 bits per heavy atom. The molecule has 0 saturated carbocycles. The number of rotatable bonds is 9. The topological polar surface area (TPSA) is 83.7 Å². The molecule has 1 heterocycles. The van der Waals surface area contributed by atoms with Crippen LogP contribution in [-0.4, -0.2) is 44.9 Å². The first-order valence-corrected chi connectivity index (χ1v) is 16.3. The summed E-state index contributed by atoms with van der Waals surface area (Å²) in [6, 6.07) is 17.3. The number of fused-ring (bicyclic) bond motifs is 2. The number of halogens is 3. The largest absolute Gasteiger partial charge is 0.416 e. The number of primary amides is 1. The number of carbonyl (C=O) groups is 1. The van der Waals surface area contributed by atoms with Gasteiger partial charge in [-0.05, 0) is 91.7 Å². The molecule has 1 aliphatic heterocycles. The Balaban J connectivity index is 1.65. The van der Waals surface area contributed by atoms with Gasteiger partial charge in [0.25, 0.3) is 10.0 Å². The predicted molar refractivity (Wildman–Crippen MR) is 161 cm³/mol. The molecular weight excluding hydrogens is 575 g/mol. The quantitative estimate of drug-likeness (QED) is 0.318. The van der Waals surface area contributed by atoms with Crippen LogP contribution in [0.5, 0.6) is 0 Å². The molecule has 1 aliphatic carbocycles. The highest BCUT2D eigenvalue weighted by atomic mass is 32.2. The van der Waals surface area contributed by atoms with Gasteiger partial charge in [0.1, 0.15) is 0 Å². The fourth-order valence-electron chi connectivity index (χ4n) is 6.93. The maximum Gasteiger partial charge on any atom is 0.416 e. The molecule has 6 nitrogen and oxygen atoms in total. The number of amides is 1. The number of hydrogen-bond acceptors (Lipinski definition) is 4. The molecule has 2 atom stereocenters. The van der Waals surface area contributed by atoms with E-state index in [9.17, 15) is 26.4 Å². The van der Waals surface area contributed by atoms with E-state index in [0.29, 0.717) is 24.6 Å². The van der Waals surface area contributed by atoms with E-state index in [-0.39, 0.29) is 11.8 Å². The van der Waals surface area contributed by atoms with Crippen LogP contribution in [0.15, 0.2) is 71.6 Å². The molecule has 1 unspecified atom stereocenters. The van der Waals surface area contributed by atoms with E-state index >= 15 is 0 Å². The molecule has 5 rings (SSSR count). The average Bonchev–Trinajstić information content (AvgIpc) is 2.98. The smallest absolute Gasteiger partial charge is 0.370 e. The molecule has 0 spiro atoms. The standard InChI is InChI=1S/C33H38F3N3O3S/c1-3-38(4-2)22-32(18-8-10-23-9-5-6-13-29(23)32)25-15-17-30-24(19-25)14-16-27(21-31(37)40)39(30)43(41,42)28-12-7-11-26(20-28)33(34,35)36/h5-7,9,11-13,15,17,19-20,27H,3-4,8,10,14,16,18,21-22H2,1-2H3,(H2,37,40)/t27?,32-/m1/s1. The summed E-state index contributed by atoms with van der Waals surface area (Å²) in [7, 11) is -4.46. The van der Waals surface area contributed by atoms with Gasteiger partial charge in [-0.2, -0.15) is 13.2 Å². The average molecular weight is 614 g/mol. The molecule has 1 amide bonds. The number of likely N-dealkylation sites (N-methyl/N-ethyl adjacent to an activating group) is 1. The lowest BCUT2D eigenvalue weighted by atomic mass is 9.65. The van der Waals surface area contributed by atoms with Crippen LogP contribution in [-0.2, 0) is 39.3 Å². The van der Waals surface area contributed by atoms with Gasteiger partial charge in [-0.25, -0.2) is 8.42 Å². The second kappa shape index (κ2) is 12.0. The molecule has 0 saturated heterocycles. The second-order valence-electron chi connectivity index (χ2n) is 11.6. The molecule has 2 aliphatic rings. The lowest BCUT2D eigenvalue weighted by Gasteiger charge is -2.44. The number of sulfonamides is 1. The lowest BCUT2D eigenvalue weighted by molar-refractivity contribution is -0.137. The third-order valence-corrected chi connectivity index (χ3v) is 10.9. The van der Waals surface area contributed by atoms with Gasteiger partial charge in [-0.15, -0.1) is 0 Å². The first kappa shape index (κ1) is 31.1. The molecule has 0 radical (unpaired) electrons. The van der Waals surface area contributed by atoms with Crippen LogP contribution >= 0.6 is 0 Å². The van der Waals surface area contributed by atoms with Gasteiger partial charge >= 0.3 is 6.18 Å². The Labute approximate surface area is 251 Å². The van der Waals surface area contributed by atoms with E-state index in [2.05, 4.69) is 49.1 Å². The van der Waals surface area contributed by atoms with Crippen molar-refractivity contribution in [2.24, 2.45) is 5.73 Å². The fourth-order valence-corrected chi connectivity index (χ4v) is 8.69. The number of aryl methyl sites for hydroxylation is 2. The van der Waals surface area contributed by atoms with Gasteiger partial charge in [-0.3, -0.25) is 9.10 Å². The van der Waals surface area contributed by atoms with Crippen molar-refractivity contribution in [1.82, 2.24) is 4.90 Å². The molecule has 0 aromatic heterocycles. The van der Waals surface area contributed by atoms with Gasteiger partial charge in [-0.1, -0.05) is 56.3 Å². The normalized spacial score (nSPS) is 20.5. The van der Waals surface area contributed by atoms with E-state index in [4.69, 9.17) is 5.73 Å². The summed E-state index contributed by atoms with van der Waals surface area (Å²) < 4.78 is 69.8. The Hall–Kier alpha value is -3.37. The van der Waals surface area contributed by atoms with Crippen molar-refractivity contribution in [3.8, 4) is 0 Å². The van der Waals surface area contributed by atoms with Crippen molar-refractivity contribution in [2.45, 2.75) is 74.9 Å². The number of anilines is 1. The molecular formula is C33H38F3N3O3S. The summed E-state index contributed by atoms with van der Waals surface area (Å²) in [5.74, 6) is -0.675. The Bertz CT molecular complexity index is 1600. The van der Waals surface area contributed by atoms with E-state index in [0.717, 1.165) is 72.5 Å². The minimum Gasteiger partial charge on any atom is -0.370 e. The Morgan fingerprint density at radius 3 is 2.44 bits per heavy atom. The number of benzene rings is 3. The van der Waals surface area contributed by atoms with Crippen LogP contribution in [0.25, 0.3) is 0 Å². The number of alkyl halides is 3. The SMILES string of the molecule is CCN(CC)C[C@@]1(c2ccc3c(c2)CCC(CC(N)=O)N3S(=O)(=O)c2cccc(C(F)(F)F)c2)CCCc2ccccc21. The van der Waals surface area contributed by atoms with Gasteiger partial charge in [0, 0.05) is 18.4 Å². The van der Waals surface area contributed by atoms with E-state index in [1.54, 1.807) is 6.07 Å². The summed E-state index contributed by atoms with van der Waals surface area (Å²) in [5, 5.41) is 0. The van der Waals surface area contributed by atoms with Crippen molar-refractivity contribution in [2.75, 3.05) is 23.9 Å². The predicted octanol–water partition coefficient (Wildman–Crippen LogP) is 6.06. The molecule has 230 valence electrons. The van der Waals surface area contributed by atoms with Gasteiger partial charge < -0.3 is 10.6 Å². The zero-order valence-corrected chi connectivity index (χ0v) is 25.3. The number of carbonyl (C=O) groups excluding carboxylic acids is 1. The minimum absolute atomic E-state index is 0.237. The maximum atomic E-state index is 14.1. The zero-order chi connectivity index (χ0) is 31.0. The van der Waals surface area contributed by atoms with E-state index < -0.39 is 38.6 Å². The van der Waals surface area contributed by atoms with Crippen LogP contribution < -0.4 is 10.0 Å². The summed E-state index contributed by atoms with van der Waals surface area (Å²) in [6.07, 6.45) is -1.15. The number of hydrogen-bond donors (Lipinski definition) is 1. The van der Waals surface area contributed by atoms with Crippen molar-refractivity contribution in [3.63, 3.8) is 0 Å². The fraction of sp³-hybridized carbons (Fsp3) is 0.424. The van der Waals surface area contributed by atoms with Gasteiger partial charge in [0.2, 0.25) is 5.91 Å². The second-order valence-corrected chi connectivity index (χ2v) is 13.4. The van der Waals surface area contributed by atoms with Crippen molar-refractivity contribution in [3.05, 3.63) is 94.5 Å². The van der Waals surface area contributed by atoms with Crippen LogP contribution in [0.1, 0.15) is 67.3 Å².